The Morgan fingerprint density at radius 2 is 1.94 bits per heavy atom. The van der Waals surface area contributed by atoms with Gasteiger partial charge in [0.25, 0.3) is 5.91 Å². The van der Waals surface area contributed by atoms with Crippen molar-refractivity contribution in [3.05, 3.63) is 30.1 Å². The fraction of sp³-hybridized carbons (Fsp3) is 0.417. The van der Waals surface area contributed by atoms with E-state index in [2.05, 4.69) is 10.3 Å². The quantitative estimate of drug-likeness (QED) is 0.816. The van der Waals surface area contributed by atoms with Crippen LogP contribution in [-0.4, -0.2) is 23.2 Å². The number of rotatable bonds is 5. The van der Waals surface area contributed by atoms with Gasteiger partial charge in [-0.2, -0.15) is 0 Å². The van der Waals surface area contributed by atoms with Crippen LogP contribution >= 0.6 is 0 Å². The van der Waals surface area contributed by atoms with Crippen LogP contribution in [0.25, 0.3) is 0 Å². The molecule has 4 heteroatoms. The summed E-state index contributed by atoms with van der Waals surface area (Å²) in [5.41, 5.74) is 0.521. The molecular weight excluding hydrogens is 204 g/mol. The number of carbonyl (C=O) groups is 2. The molecule has 86 valence electrons. The lowest BCUT2D eigenvalue weighted by Crippen LogP contribution is -2.29. The van der Waals surface area contributed by atoms with Gasteiger partial charge in [-0.1, -0.05) is 13.8 Å². The van der Waals surface area contributed by atoms with E-state index in [1.165, 1.54) is 0 Å². The molecular formula is C12H16N2O2. The number of pyridine rings is 1. The SMILES string of the molecule is CC(C)CC(=O)CNC(=O)c1ccncc1. The molecule has 0 spiro atoms. The van der Waals surface area contributed by atoms with Gasteiger partial charge < -0.3 is 5.32 Å². The Labute approximate surface area is 95.1 Å². The second-order valence-electron chi connectivity index (χ2n) is 4.06. The molecule has 0 bridgehead atoms. The van der Waals surface area contributed by atoms with E-state index < -0.39 is 0 Å². The molecule has 0 atom stereocenters. The fourth-order valence-electron chi connectivity index (χ4n) is 1.31. The minimum atomic E-state index is -0.237. The summed E-state index contributed by atoms with van der Waals surface area (Å²) in [7, 11) is 0. The highest BCUT2D eigenvalue weighted by Crippen LogP contribution is 2.00. The molecule has 0 saturated carbocycles. The van der Waals surface area contributed by atoms with Gasteiger partial charge in [-0.3, -0.25) is 14.6 Å². The lowest BCUT2D eigenvalue weighted by Gasteiger charge is -2.05. The van der Waals surface area contributed by atoms with E-state index in [4.69, 9.17) is 0 Å². The second-order valence-corrected chi connectivity index (χ2v) is 4.06. The summed E-state index contributed by atoms with van der Waals surface area (Å²) >= 11 is 0. The van der Waals surface area contributed by atoms with Crippen LogP contribution in [0.15, 0.2) is 24.5 Å². The normalized spacial score (nSPS) is 10.2. The number of Topliss-reactive ketones (excluding diaryl/α,β-unsaturated/α-hetero) is 1. The van der Waals surface area contributed by atoms with Crippen molar-refractivity contribution in [3.8, 4) is 0 Å². The Kier molecular flexibility index (Phi) is 4.64. The van der Waals surface area contributed by atoms with E-state index in [1.54, 1.807) is 24.5 Å². The first-order chi connectivity index (χ1) is 7.59. The molecule has 16 heavy (non-hydrogen) atoms. The first kappa shape index (κ1) is 12.4. The molecule has 0 fully saturated rings. The van der Waals surface area contributed by atoms with Gasteiger partial charge in [-0.05, 0) is 18.1 Å². The Balaban J connectivity index is 2.39. The molecule has 0 radical (unpaired) electrons. The van der Waals surface area contributed by atoms with Crippen LogP contribution in [0, 0.1) is 5.92 Å². The highest BCUT2D eigenvalue weighted by atomic mass is 16.2. The zero-order valence-corrected chi connectivity index (χ0v) is 9.56. The van der Waals surface area contributed by atoms with Gasteiger partial charge >= 0.3 is 0 Å². The molecule has 1 N–H and O–H groups in total. The fourth-order valence-corrected chi connectivity index (χ4v) is 1.31. The molecule has 1 heterocycles. The van der Waals surface area contributed by atoms with Crippen LogP contribution in [0.3, 0.4) is 0 Å². The first-order valence-electron chi connectivity index (χ1n) is 5.29. The van der Waals surface area contributed by atoms with E-state index in [0.717, 1.165) is 0 Å². The largest absolute Gasteiger partial charge is 0.345 e. The van der Waals surface area contributed by atoms with E-state index in [1.807, 2.05) is 13.8 Å². The monoisotopic (exact) mass is 220 g/mol. The molecule has 1 rings (SSSR count). The molecule has 0 aliphatic rings. The second kappa shape index (κ2) is 6.00. The predicted octanol–water partition coefficient (Wildman–Crippen LogP) is 1.43. The lowest BCUT2D eigenvalue weighted by molar-refractivity contribution is -0.118. The van der Waals surface area contributed by atoms with Crippen LogP contribution in [0.5, 0.6) is 0 Å². The van der Waals surface area contributed by atoms with E-state index in [0.29, 0.717) is 17.9 Å². The Morgan fingerprint density at radius 3 is 2.50 bits per heavy atom. The summed E-state index contributed by atoms with van der Waals surface area (Å²) in [6.45, 7) is 4.05. The van der Waals surface area contributed by atoms with Crippen molar-refractivity contribution >= 4 is 11.7 Å². The smallest absolute Gasteiger partial charge is 0.251 e. The van der Waals surface area contributed by atoms with Crippen molar-refractivity contribution in [1.29, 1.82) is 0 Å². The molecule has 0 aliphatic carbocycles. The van der Waals surface area contributed by atoms with Crippen molar-refractivity contribution in [1.82, 2.24) is 10.3 Å². The number of hydrogen-bond acceptors (Lipinski definition) is 3. The summed E-state index contributed by atoms with van der Waals surface area (Å²) in [5, 5.41) is 2.59. The Hall–Kier alpha value is -1.71. The van der Waals surface area contributed by atoms with Gasteiger partial charge in [0.2, 0.25) is 0 Å². The van der Waals surface area contributed by atoms with Crippen molar-refractivity contribution in [2.24, 2.45) is 5.92 Å². The third-order valence-electron chi connectivity index (χ3n) is 2.02. The minimum Gasteiger partial charge on any atom is -0.345 e. The van der Waals surface area contributed by atoms with Crippen LogP contribution in [-0.2, 0) is 4.79 Å². The maximum Gasteiger partial charge on any atom is 0.251 e. The summed E-state index contributed by atoms with van der Waals surface area (Å²) in [6.07, 6.45) is 3.59. The van der Waals surface area contributed by atoms with Crippen molar-refractivity contribution in [2.75, 3.05) is 6.54 Å². The lowest BCUT2D eigenvalue weighted by atomic mass is 10.1. The van der Waals surface area contributed by atoms with Crippen LogP contribution in [0.1, 0.15) is 30.6 Å². The van der Waals surface area contributed by atoms with Gasteiger partial charge in [-0.25, -0.2) is 0 Å². The van der Waals surface area contributed by atoms with E-state index in [-0.39, 0.29) is 18.2 Å². The highest BCUT2D eigenvalue weighted by molar-refractivity contribution is 5.96. The standard InChI is InChI=1S/C12H16N2O2/c1-9(2)7-11(15)8-14-12(16)10-3-5-13-6-4-10/h3-6,9H,7-8H2,1-2H3,(H,14,16). The predicted molar refractivity (Wildman–Crippen MR) is 61.0 cm³/mol. The summed E-state index contributed by atoms with van der Waals surface area (Å²) < 4.78 is 0. The molecule has 1 amide bonds. The number of amides is 1. The zero-order chi connectivity index (χ0) is 12.0. The number of carbonyl (C=O) groups excluding carboxylic acids is 2. The minimum absolute atomic E-state index is 0.0532. The van der Waals surface area contributed by atoms with Crippen molar-refractivity contribution in [3.63, 3.8) is 0 Å². The number of nitrogens with zero attached hydrogens (tertiary/aromatic N) is 1. The third-order valence-corrected chi connectivity index (χ3v) is 2.02. The number of nitrogens with one attached hydrogen (secondary N) is 1. The molecule has 4 nitrogen and oxygen atoms in total. The third kappa shape index (κ3) is 4.21. The summed E-state index contributed by atoms with van der Waals surface area (Å²) in [5.74, 6) is 0.141. The molecule has 1 aromatic rings. The van der Waals surface area contributed by atoms with Gasteiger partial charge in [0, 0.05) is 24.4 Å². The van der Waals surface area contributed by atoms with Gasteiger partial charge in [0.15, 0.2) is 5.78 Å². The highest BCUT2D eigenvalue weighted by Gasteiger charge is 2.08. The van der Waals surface area contributed by atoms with Gasteiger partial charge in [-0.15, -0.1) is 0 Å². The Bertz CT molecular complexity index is 361. The Morgan fingerprint density at radius 1 is 1.31 bits per heavy atom. The average molecular weight is 220 g/mol. The van der Waals surface area contributed by atoms with Crippen molar-refractivity contribution < 1.29 is 9.59 Å². The summed E-state index contributed by atoms with van der Waals surface area (Å²) in [4.78, 5) is 26.7. The molecule has 0 aliphatic heterocycles. The van der Waals surface area contributed by atoms with Gasteiger partial charge in [0.05, 0.1) is 6.54 Å². The molecule has 0 unspecified atom stereocenters. The topological polar surface area (TPSA) is 59.1 Å². The number of aromatic nitrogens is 1. The molecule has 1 aromatic heterocycles. The van der Waals surface area contributed by atoms with E-state index >= 15 is 0 Å². The average Bonchev–Trinajstić information content (AvgIpc) is 2.26. The van der Waals surface area contributed by atoms with Crippen LogP contribution < -0.4 is 5.32 Å². The van der Waals surface area contributed by atoms with E-state index in [9.17, 15) is 9.59 Å². The number of hydrogen-bond donors (Lipinski definition) is 1. The summed E-state index contributed by atoms with van der Waals surface area (Å²) in [6, 6.07) is 3.23. The van der Waals surface area contributed by atoms with Crippen LogP contribution in [0.4, 0.5) is 0 Å². The maximum atomic E-state index is 11.5. The molecule has 0 saturated heterocycles. The maximum absolute atomic E-state index is 11.5. The van der Waals surface area contributed by atoms with Crippen molar-refractivity contribution in [2.45, 2.75) is 20.3 Å². The molecule has 0 aromatic carbocycles. The van der Waals surface area contributed by atoms with Crippen LogP contribution in [0.2, 0.25) is 0 Å². The zero-order valence-electron chi connectivity index (χ0n) is 9.56. The number of ketones is 1. The first-order valence-corrected chi connectivity index (χ1v) is 5.29. The van der Waals surface area contributed by atoms with Gasteiger partial charge in [0.1, 0.15) is 0 Å².